The zero-order valence-electron chi connectivity index (χ0n) is 13.6. The lowest BCUT2D eigenvalue weighted by atomic mass is 10.1. The third-order valence-electron chi connectivity index (χ3n) is 3.84. The maximum absolute atomic E-state index is 11.8. The number of hydrogen-bond acceptors (Lipinski definition) is 4. The molecule has 0 unspecified atom stereocenters. The van der Waals surface area contributed by atoms with Gasteiger partial charge in [0, 0.05) is 35.1 Å². The monoisotopic (exact) mass is 387 g/mol. The number of rotatable bonds is 5. The third-order valence-corrected chi connectivity index (χ3v) is 4.37. The second-order valence-electron chi connectivity index (χ2n) is 5.75. The molecular formula is C19H18BrNO3. The summed E-state index contributed by atoms with van der Waals surface area (Å²) >= 11 is 3.44. The van der Waals surface area contributed by atoms with Gasteiger partial charge in [-0.1, -0.05) is 28.1 Å². The van der Waals surface area contributed by atoms with E-state index in [1.54, 1.807) is 19.2 Å². The van der Waals surface area contributed by atoms with Crippen molar-refractivity contribution in [1.29, 1.82) is 0 Å². The van der Waals surface area contributed by atoms with Gasteiger partial charge in [0.1, 0.15) is 11.3 Å². The molecule has 124 valence electrons. The molecule has 0 bridgehead atoms. The Kier molecular flexibility index (Phi) is 5.02. The minimum atomic E-state index is -0.345. The first-order valence-electron chi connectivity index (χ1n) is 7.59. The highest BCUT2D eigenvalue weighted by atomic mass is 79.9. The predicted octanol–water partition coefficient (Wildman–Crippen LogP) is 4.20. The van der Waals surface area contributed by atoms with Crippen LogP contribution in [0.5, 0.6) is 5.75 Å². The van der Waals surface area contributed by atoms with Crippen LogP contribution in [0.3, 0.4) is 0 Å². The van der Waals surface area contributed by atoms with Gasteiger partial charge in [-0.05, 0) is 42.4 Å². The highest BCUT2D eigenvalue weighted by Gasteiger charge is 2.10. The number of hydrogen-bond donors (Lipinski definition) is 0. The van der Waals surface area contributed by atoms with Crippen molar-refractivity contribution in [2.75, 3.05) is 14.2 Å². The van der Waals surface area contributed by atoms with Crippen LogP contribution < -0.4 is 10.4 Å². The molecule has 0 aliphatic carbocycles. The fourth-order valence-electron chi connectivity index (χ4n) is 2.72. The largest absolute Gasteiger partial charge is 0.497 e. The van der Waals surface area contributed by atoms with Gasteiger partial charge in [0.2, 0.25) is 0 Å². The summed E-state index contributed by atoms with van der Waals surface area (Å²) in [5.74, 6) is 0.672. The summed E-state index contributed by atoms with van der Waals surface area (Å²) in [5.41, 5.74) is 2.37. The molecule has 0 spiro atoms. The molecule has 4 nitrogen and oxygen atoms in total. The van der Waals surface area contributed by atoms with Gasteiger partial charge in [-0.15, -0.1) is 0 Å². The van der Waals surface area contributed by atoms with Gasteiger partial charge in [0.15, 0.2) is 0 Å². The lowest BCUT2D eigenvalue weighted by molar-refractivity contribution is 0.319. The molecule has 0 N–H and O–H groups in total. The van der Waals surface area contributed by atoms with Crippen molar-refractivity contribution < 1.29 is 9.15 Å². The van der Waals surface area contributed by atoms with Gasteiger partial charge in [0.25, 0.3) is 0 Å². The number of ether oxygens (including phenoxy) is 1. The maximum atomic E-state index is 11.8. The first-order valence-corrected chi connectivity index (χ1v) is 8.38. The third kappa shape index (κ3) is 3.86. The molecule has 0 aliphatic rings. The average molecular weight is 388 g/mol. The molecule has 0 fully saturated rings. The summed E-state index contributed by atoms with van der Waals surface area (Å²) in [6, 6.07) is 15.3. The smallest absolute Gasteiger partial charge is 0.336 e. The Labute approximate surface area is 148 Å². The Hall–Kier alpha value is -2.11. The van der Waals surface area contributed by atoms with Crippen LogP contribution in [0.1, 0.15) is 11.1 Å². The number of nitrogens with zero attached hydrogens (tertiary/aromatic N) is 1. The summed E-state index contributed by atoms with van der Waals surface area (Å²) in [6.07, 6.45) is 0. The zero-order chi connectivity index (χ0) is 17.1. The molecule has 3 rings (SSSR count). The molecule has 3 aromatic rings. The van der Waals surface area contributed by atoms with Gasteiger partial charge in [-0.2, -0.15) is 0 Å². The van der Waals surface area contributed by atoms with Crippen molar-refractivity contribution >= 4 is 26.9 Å². The molecule has 1 aromatic heterocycles. The van der Waals surface area contributed by atoms with Crippen molar-refractivity contribution in [1.82, 2.24) is 4.90 Å². The Bertz CT molecular complexity index is 903. The summed E-state index contributed by atoms with van der Waals surface area (Å²) in [5, 5.41) is 0.929. The molecular weight excluding hydrogens is 370 g/mol. The van der Waals surface area contributed by atoms with Crippen molar-refractivity contribution in [3.05, 3.63) is 74.6 Å². The van der Waals surface area contributed by atoms with Gasteiger partial charge >= 0.3 is 5.63 Å². The van der Waals surface area contributed by atoms with Gasteiger partial charge in [0.05, 0.1) is 7.11 Å². The van der Waals surface area contributed by atoms with E-state index in [0.29, 0.717) is 17.9 Å². The molecule has 0 saturated heterocycles. The molecule has 0 amide bonds. The van der Waals surface area contributed by atoms with Gasteiger partial charge in [-0.3, -0.25) is 4.90 Å². The highest BCUT2D eigenvalue weighted by molar-refractivity contribution is 9.10. The Balaban J connectivity index is 1.86. The predicted molar refractivity (Wildman–Crippen MR) is 98.3 cm³/mol. The van der Waals surface area contributed by atoms with E-state index in [9.17, 15) is 4.79 Å². The summed E-state index contributed by atoms with van der Waals surface area (Å²) < 4.78 is 11.6. The lowest BCUT2D eigenvalue weighted by Gasteiger charge is -2.18. The van der Waals surface area contributed by atoms with Crippen molar-refractivity contribution in [3.63, 3.8) is 0 Å². The van der Waals surface area contributed by atoms with E-state index < -0.39 is 0 Å². The van der Waals surface area contributed by atoms with Gasteiger partial charge < -0.3 is 9.15 Å². The van der Waals surface area contributed by atoms with Crippen molar-refractivity contribution in [2.24, 2.45) is 0 Å². The second-order valence-corrected chi connectivity index (χ2v) is 6.67. The van der Waals surface area contributed by atoms with Crippen LogP contribution in [0.2, 0.25) is 0 Å². The second kappa shape index (κ2) is 7.20. The maximum Gasteiger partial charge on any atom is 0.336 e. The van der Waals surface area contributed by atoms with Crippen LogP contribution in [0, 0.1) is 0 Å². The van der Waals surface area contributed by atoms with Crippen LogP contribution >= 0.6 is 15.9 Å². The molecule has 2 aromatic carbocycles. The van der Waals surface area contributed by atoms with Crippen LogP contribution in [0.25, 0.3) is 11.0 Å². The minimum Gasteiger partial charge on any atom is -0.497 e. The summed E-state index contributed by atoms with van der Waals surface area (Å²) in [4.78, 5) is 14.0. The number of benzene rings is 2. The first-order chi connectivity index (χ1) is 11.5. The average Bonchev–Trinajstić information content (AvgIpc) is 2.56. The van der Waals surface area contributed by atoms with Crippen LogP contribution in [-0.4, -0.2) is 19.1 Å². The van der Waals surface area contributed by atoms with E-state index in [2.05, 4.69) is 33.0 Å². The van der Waals surface area contributed by atoms with E-state index in [4.69, 9.17) is 9.15 Å². The van der Waals surface area contributed by atoms with Crippen molar-refractivity contribution in [3.8, 4) is 5.75 Å². The van der Waals surface area contributed by atoms with E-state index in [-0.39, 0.29) is 5.63 Å². The van der Waals surface area contributed by atoms with Crippen molar-refractivity contribution in [2.45, 2.75) is 13.1 Å². The number of halogens is 1. The van der Waals surface area contributed by atoms with E-state index in [0.717, 1.165) is 22.0 Å². The molecule has 5 heteroatoms. The van der Waals surface area contributed by atoms with E-state index in [1.165, 1.54) is 5.56 Å². The van der Waals surface area contributed by atoms with Crippen LogP contribution in [-0.2, 0) is 13.1 Å². The highest BCUT2D eigenvalue weighted by Crippen LogP contribution is 2.23. The SMILES string of the molecule is COc1ccc2c(CN(C)Cc3ccc(Br)cc3)cc(=O)oc2c1. The minimum absolute atomic E-state index is 0.345. The van der Waals surface area contributed by atoms with Crippen LogP contribution in [0.4, 0.5) is 0 Å². The first kappa shape index (κ1) is 16.7. The molecule has 0 radical (unpaired) electrons. The quantitative estimate of drug-likeness (QED) is 0.615. The van der Waals surface area contributed by atoms with Crippen LogP contribution in [0.15, 0.2) is 62.2 Å². The number of methoxy groups -OCH3 is 1. The fraction of sp³-hybridized carbons (Fsp3) is 0.211. The zero-order valence-corrected chi connectivity index (χ0v) is 15.2. The Morgan fingerprint density at radius 1 is 1.08 bits per heavy atom. The van der Waals surface area contributed by atoms with Gasteiger partial charge in [-0.25, -0.2) is 4.79 Å². The van der Waals surface area contributed by atoms with E-state index in [1.807, 2.05) is 31.3 Å². The molecule has 24 heavy (non-hydrogen) atoms. The summed E-state index contributed by atoms with van der Waals surface area (Å²) in [7, 11) is 3.63. The molecule has 0 atom stereocenters. The molecule has 0 aliphatic heterocycles. The molecule has 1 heterocycles. The summed E-state index contributed by atoms with van der Waals surface area (Å²) in [6.45, 7) is 1.45. The lowest BCUT2D eigenvalue weighted by Crippen LogP contribution is -2.18. The Morgan fingerprint density at radius 3 is 2.54 bits per heavy atom. The number of fused-ring (bicyclic) bond motifs is 1. The van der Waals surface area contributed by atoms with E-state index >= 15 is 0 Å². The topological polar surface area (TPSA) is 42.7 Å². The standard InChI is InChI=1S/C19H18BrNO3/c1-21(11-13-3-5-15(20)6-4-13)12-14-9-19(22)24-18-10-16(23-2)7-8-17(14)18/h3-10H,11-12H2,1-2H3. The molecule has 0 saturated carbocycles. The fourth-order valence-corrected chi connectivity index (χ4v) is 2.98. The normalized spacial score (nSPS) is 11.2. The Morgan fingerprint density at radius 2 is 1.83 bits per heavy atom.